The first kappa shape index (κ1) is 16.9. The van der Waals surface area contributed by atoms with E-state index in [1.807, 2.05) is 12.1 Å². The van der Waals surface area contributed by atoms with Gasteiger partial charge in [0.15, 0.2) is 11.6 Å². The Labute approximate surface area is 146 Å². The number of benzene rings is 1. The van der Waals surface area contributed by atoms with Gasteiger partial charge in [0.1, 0.15) is 5.69 Å². The fraction of sp³-hybridized carbons (Fsp3) is 0.267. The molecule has 7 heteroatoms. The van der Waals surface area contributed by atoms with E-state index >= 15 is 0 Å². The zero-order chi connectivity index (χ0) is 16.1. The predicted molar refractivity (Wildman–Crippen MR) is 95.5 cm³/mol. The van der Waals surface area contributed by atoms with Crippen molar-refractivity contribution in [2.24, 2.45) is 10.2 Å². The maximum Gasteiger partial charge on any atom is 0.174 e. The van der Waals surface area contributed by atoms with Crippen LogP contribution >= 0.6 is 31.9 Å². The maximum atomic E-state index is 10.4. The molecule has 2 rings (SSSR count). The summed E-state index contributed by atoms with van der Waals surface area (Å²) >= 11 is 6.99. The van der Waals surface area contributed by atoms with Crippen LogP contribution in [0.2, 0.25) is 0 Å². The van der Waals surface area contributed by atoms with Gasteiger partial charge in [-0.3, -0.25) is 0 Å². The summed E-state index contributed by atoms with van der Waals surface area (Å²) in [6.45, 7) is 5.80. The number of phenolic OH excluding ortho intramolecular Hbond substituents is 1. The number of halogens is 2. The lowest BCUT2D eigenvalue weighted by molar-refractivity contribution is 0.472. The fourth-order valence-corrected chi connectivity index (χ4v) is 3.61. The third-order valence-corrected chi connectivity index (χ3v) is 4.49. The average Bonchev–Trinajstić information content (AvgIpc) is 2.54. The second-order valence-corrected chi connectivity index (χ2v) is 6.10. The molecule has 1 heterocycles. The van der Waals surface area contributed by atoms with E-state index < -0.39 is 0 Å². The standard InChI is InChI=1S/C15H16Br2N4O/c1-3-21(4-2)14-10(16)9-11(15(22)13(14)17)19-20-12-7-5-6-8-18-12/h5-9,22H,3-4H2,1-2H3. The highest BCUT2D eigenvalue weighted by Gasteiger charge is 2.18. The SMILES string of the molecule is CCN(CC)c1c(Br)cc(N=Nc2ccccn2)c(O)c1Br. The number of rotatable bonds is 5. The normalized spacial score (nSPS) is 11.1. The molecule has 0 spiro atoms. The van der Waals surface area contributed by atoms with Crippen LogP contribution in [0.3, 0.4) is 0 Å². The van der Waals surface area contributed by atoms with Crippen LogP contribution in [0.25, 0.3) is 0 Å². The number of hydrogen-bond acceptors (Lipinski definition) is 5. The van der Waals surface area contributed by atoms with Gasteiger partial charge in [-0.15, -0.1) is 10.2 Å². The number of aromatic nitrogens is 1. The van der Waals surface area contributed by atoms with Gasteiger partial charge in [-0.1, -0.05) is 6.07 Å². The van der Waals surface area contributed by atoms with Crippen LogP contribution < -0.4 is 4.90 Å². The molecule has 0 aliphatic rings. The number of pyridine rings is 1. The monoisotopic (exact) mass is 426 g/mol. The van der Waals surface area contributed by atoms with Crippen LogP contribution in [0.5, 0.6) is 5.75 Å². The second kappa shape index (κ2) is 7.69. The molecule has 0 atom stereocenters. The maximum absolute atomic E-state index is 10.4. The summed E-state index contributed by atoms with van der Waals surface area (Å²) in [4.78, 5) is 6.20. The first-order chi connectivity index (χ1) is 10.6. The molecule has 2 aromatic rings. The Morgan fingerprint density at radius 3 is 2.50 bits per heavy atom. The van der Waals surface area contributed by atoms with Gasteiger partial charge in [0.2, 0.25) is 0 Å². The summed E-state index contributed by atoms with van der Waals surface area (Å²) in [5.41, 5.74) is 1.28. The third-order valence-electron chi connectivity index (χ3n) is 3.14. The topological polar surface area (TPSA) is 61.1 Å². The summed E-state index contributed by atoms with van der Waals surface area (Å²) in [6.07, 6.45) is 1.64. The van der Waals surface area contributed by atoms with Crippen molar-refractivity contribution in [3.8, 4) is 5.75 Å². The Hall–Kier alpha value is -1.47. The summed E-state index contributed by atoms with van der Waals surface area (Å²) in [7, 11) is 0. The van der Waals surface area contributed by atoms with Crippen LogP contribution in [0.4, 0.5) is 17.2 Å². The lowest BCUT2D eigenvalue weighted by Gasteiger charge is -2.24. The zero-order valence-corrected chi connectivity index (χ0v) is 15.5. The number of hydrogen-bond donors (Lipinski definition) is 1. The molecule has 1 aromatic heterocycles. The molecule has 1 N–H and O–H groups in total. The van der Waals surface area contributed by atoms with Gasteiger partial charge in [-0.25, -0.2) is 4.98 Å². The minimum Gasteiger partial charge on any atom is -0.504 e. The molecule has 0 aliphatic carbocycles. The van der Waals surface area contributed by atoms with Crippen LogP contribution in [-0.4, -0.2) is 23.2 Å². The van der Waals surface area contributed by atoms with Crippen LogP contribution in [0, 0.1) is 0 Å². The molecule has 0 amide bonds. The van der Waals surface area contributed by atoms with E-state index in [0.29, 0.717) is 16.0 Å². The minimum atomic E-state index is 0.0600. The Morgan fingerprint density at radius 1 is 1.18 bits per heavy atom. The van der Waals surface area contributed by atoms with Crippen LogP contribution in [0.1, 0.15) is 13.8 Å². The first-order valence-corrected chi connectivity index (χ1v) is 8.45. The van der Waals surface area contributed by atoms with Crippen molar-refractivity contribution in [1.82, 2.24) is 4.98 Å². The number of phenols is 1. The summed E-state index contributed by atoms with van der Waals surface area (Å²) < 4.78 is 1.44. The highest BCUT2D eigenvalue weighted by atomic mass is 79.9. The third kappa shape index (κ3) is 3.64. The number of anilines is 1. The number of azo groups is 1. The zero-order valence-electron chi connectivity index (χ0n) is 12.3. The van der Waals surface area contributed by atoms with E-state index in [2.05, 4.69) is 65.8 Å². The molecule has 0 bridgehead atoms. The first-order valence-electron chi connectivity index (χ1n) is 6.87. The molecule has 116 valence electrons. The summed E-state index contributed by atoms with van der Waals surface area (Å²) in [5.74, 6) is 0.548. The molecule has 0 radical (unpaired) electrons. The Morgan fingerprint density at radius 2 is 1.91 bits per heavy atom. The Balaban J connectivity index is 2.41. The largest absolute Gasteiger partial charge is 0.504 e. The van der Waals surface area contributed by atoms with Gasteiger partial charge in [-0.2, -0.15) is 0 Å². The van der Waals surface area contributed by atoms with Gasteiger partial charge in [0, 0.05) is 23.8 Å². The van der Waals surface area contributed by atoms with Crippen LogP contribution in [0.15, 0.2) is 49.6 Å². The molecule has 0 aliphatic heterocycles. The lowest BCUT2D eigenvalue weighted by atomic mass is 10.2. The van der Waals surface area contributed by atoms with Crippen molar-refractivity contribution < 1.29 is 5.11 Å². The molecule has 0 fully saturated rings. The lowest BCUT2D eigenvalue weighted by Crippen LogP contribution is -2.22. The van der Waals surface area contributed by atoms with E-state index in [9.17, 15) is 5.11 Å². The molecular formula is C15H16Br2N4O. The van der Waals surface area contributed by atoms with E-state index in [0.717, 1.165) is 23.2 Å². The Kier molecular flexibility index (Phi) is 5.90. The predicted octanol–water partition coefficient (Wildman–Crippen LogP) is 5.57. The average molecular weight is 428 g/mol. The van der Waals surface area contributed by atoms with Crippen molar-refractivity contribution >= 4 is 49.1 Å². The quantitative estimate of drug-likeness (QED) is 0.634. The highest BCUT2D eigenvalue weighted by Crippen LogP contribution is 2.46. The van der Waals surface area contributed by atoms with E-state index in [-0.39, 0.29) is 5.75 Å². The molecule has 5 nitrogen and oxygen atoms in total. The van der Waals surface area contributed by atoms with Crippen molar-refractivity contribution in [1.29, 1.82) is 0 Å². The van der Waals surface area contributed by atoms with Crippen molar-refractivity contribution in [2.45, 2.75) is 13.8 Å². The molecule has 0 saturated carbocycles. The smallest absolute Gasteiger partial charge is 0.174 e. The summed E-state index contributed by atoms with van der Waals surface area (Å²) in [6, 6.07) is 7.13. The Bertz CT molecular complexity index is 673. The van der Waals surface area contributed by atoms with Crippen LogP contribution in [-0.2, 0) is 0 Å². The summed E-state index contributed by atoms with van der Waals surface area (Å²) in [5, 5.41) is 18.5. The minimum absolute atomic E-state index is 0.0600. The van der Waals surface area contributed by atoms with Crippen molar-refractivity contribution in [3.05, 3.63) is 39.4 Å². The van der Waals surface area contributed by atoms with Crippen molar-refractivity contribution in [3.63, 3.8) is 0 Å². The van der Waals surface area contributed by atoms with Gasteiger partial charge < -0.3 is 10.0 Å². The van der Waals surface area contributed by atoms with Gasteiger partial charge >= 0.3 is 0 Å². The highest BCUT2D eigenvalue weighted by molar-refractivity contribution is 9.11. The molecule has 22 heavy (non-hydrogen) atoms. The molecular weight excluding hydrogens is 412 g/mol. The van der Waals surface area contributed by atoms with Gasteiger partial charge in [0.25, 0.3) is 0 Å². The number of nitrogens with zero attached hydrogens (tertiary/aromatic N) is 4. The van der Waals surface area contributed by atoms with Crippen molar-refractivity contribution in [2.75, 3.05) is 18.0 Å². The molecule has 1 aromatic carbocycles. The van der Waals surface area contributed by atoms with E-state index in [1.165, 1.54) is 0 Å². The van der Waals surface area contributed by atoms with Gasteiger partial charge in [-0.05, 0) is 63.9 Å². The fourth-order valence-electron chi connectivity index (χ4n) is 2.01. The van der Waals surface area contributed by atoms with E-state index in [1.54, 1.807) is 18.3 Å². The molecule has 0 saturated heterocycles. The number of aromatic hydroxyl groups is 1. The van der Waals surface area contributed by atoms with Gasteiger partial charge in [0.05, 0.1) is 10.2 Å². The second-order valence-electron chi connectivity index (χ2n) is 4.45. The van der Waals surface area contributed by atoms with E-state index in [4.69, 9.17) is 0 Å². The molecule has 0 unspecified atom stereocenters.